The maximum Gasteiger partial charge on any atom is 0.340 e. The number of para-hydroxylation sites is 3. The molecule has 2 aromatic rings. The zero-order valence-electron chi connectivity index (χ0n) is 13.0. The molecule has 0 atom stereocenters. The van der Waals surface area contributed by atoms with E-state index in [0.29, 0.717) is 12.2 Å². The quantitative estimate of drug-likeness (QED) is 0.798. The molecule has 1 aliphatic rings. The number of carbonyl (C=O) groups is 1. The first-order valence-electron chi connectivity index (χ1n) is 7.28. The van der Waals surface area contributed by atoms with Gasteiger partial charge in [-0.05, 0) is 39.0 Å². The van der Waals surface area contributed by atoms with E-state index in [1.165, 1.54) is 0 Å². The summed E-state index contributed by atoms with van der Waals surface area (Å²) in [6.45, 7) is 5.99. The second-order valence-electron chi connectivity index (χ2n) is 6.25. The van der Waals surface area contributed by atoms with Gasteiger partial charge in [0.2, 0.25) is 0 Å². The van der Waals surface area contributed by atoms with Gasteiger partial charge in [0.15, 0.2) is 0 Å². The van der Waals surface area contributed by atoms with Gasteiger partial charge < -0.3 is 14.8 Å². The second kappa shape index (κ2) is 5.37. The lowest BCUT2D eigenvalue weighted by Crippen LogP contribution is -2.24. The Morgan fingerprint density at radius 3 is 2.68 bits per heavy atom. The monoisotopic (exact) mass is 297 g/mol. The van der Waals surface area contributed by atoms with Crippen molar-refractivity contribution in [3.05, 3.63) is 53.6 Å². The van der Waals surface area contributed by atoms with Crippen LogP contribution in [0, 0.1) is 0 Å². The van der Waals surface area contributed by atoms with Gasteiger partial charge in [0.25, 0.3) is 0 Å². The number of ether oxygens (including phenoxy) is 2. The van der Waals surface area contributed by atoms with E-state index in [1.807, 2.05) is 57.2 Å². The van der Waals surface area contributed by atoms with Crippen LogP contribution in [0.4, 0.5) is 11.4 Å². The van der Waals surface area contributed by atoms with E-state index in [-0.39, 0.29) is 5.97 Å². The highest BCUT2D eigenvalue weighted by Crippen LogP contribution is 2.35. The van der Waals surface area contributed by atoms with Gasteiger partial charge in [0, 0.05) is 5.56 Å². The predicted molar refractivity (Wildman–Crippen MR) is 85.7 cm³/mol. The van der Waals surface area contributed by atoms with Crippen LogP contribution < -0.4 is 10.1 Å². The Balaban J connectivity index is 2.01. The van der Waals surface area contributed by atoms with Crippen LogP contribution in [0.25, 0.3) is 0 Å². The Kier molecular flexibility index (Phi) is 3.53. The van der Waals surface area contributed by atoms with Crippen molar-refractivity contribution >= 4 is 17.3 Å². The zero-order chi connectivity index (χ0) is 15.7. The normalized spacial score (nSPS) is 13.0. The van der Waals surface area contributed by atoms with Crippen molar-refractivity contribution in [3.8, 4) is 5.75 Å². The van der Waals surface area contributed by atoms with Gasteiger partial charge in [-0.15, -0.1) is 0 Å². The molecule has 0 saturated carbocycles. The number of anilines is 2. The molecule has 114 valence electrons. The van der Waals surface area contributed by atoms with Crippen LogP contribution in [0.3, 0.4) is 0 Å². The molecule has 0 amide bonds. The molecule has 0 spiro atoms. The fourth-order valence-electron chi connectivity index (χ4n) is 2.36. The number of nitrogens with one attached hydrogen (secondary N) is 1. The van der Waals surface area contributed by atoms with E-state index in [2.05, 4.69) is 5.32 Å². The Morgan fingerprint density at radius 2 is 1.91 bits per heavy atom. The fraction of sp³-hybridized carbons (Fsp3) is 0.278. The first-order valence-corrected chi connectivity index (χ1v) is 7.28. The van der Waals surface area contributed by atoms with Crippen LogP contribution in [-0.2, 0) is 11.3 Å². The smallest absolute Gasteiger partial charge is 0.340 e. The van der Waals surface area contributed by atoms with E-state index in [0.717, 1.165) is 22.7 Å². The molecule has 1 aliphatic heterocycles. The lowest BCUT2D eigenvalue weighted by Gasteiger charge is -2.21. The summed E-state index contributed by atoms with van der Waals surface area (Å²) < 4.78 is 11.3. The zero-order valence-corrected chi connectivity index (χ0v) is 13.0. The van der Waals surface area contributed by atoms with Crippen LogP contribution >= 0.6 is 0 Å². The van der Waals surface area contributed by atoms with Gasteiger partial charge >= 0.3 is 5.97 Å². The van der Waals surface area contributed by atoms with E-state index in [9.17, 15) is 4.79 Å². The Hall–Kier alpha value is -2.49. The topological polar surface area (TPSA) is 47.6 Å². The van der Waals surface area contributed by atoms with Gasteiger partial charge in [-0.3, -0.25) is 0 Å². The number of carbonyl (C=O) groups excluding carboxylic acids is 1. The number of esters is 1. The average molecular weight is 297 g/mol. The Morgan fingerprint density at radius 1 is 1.14 bits per heavy atom. The summed E-state index contributed by atoms with van der Waals surface area (Å²) in [7, 11) is 0. The number of hydrogen-bond donors (Lipinski definition) is 1. The third kappa shape index (κ3) is 2.91. The maximum absolute atomic E-state index is 12.5. The summed E-state index contributed by atoms with van der Waals surface area (Å²) in [4.78, 5) is 12.5. The van der Waals surface area contributed by atoms with Gasteiger partial charge in [0.05, 0.1) is 16.9 Å². The lowest BCUT2D eigenvalue weighted by atomic mass is 10.1. The highest BCUT2D eigenvalue weighted by atomic mass is 16.6. The van der Waals surface area contributed by atoms with Crippen molar-refractivity contribution < 1.29 is 14.3 Å². The highest BCUT2D eigenvalue weighted by Gasteiger charge is 2.24. The molecule has 0 saturated heterocycles. The minimum atomic E-state index is -0.529. The minimum absolute atomic E-state index is 0.337. The number of benzene rings is 2. The number of fused-ring (bicyclic) bond motifs is 2. The molecule has 0 radical (unpaired) electrons. The standard InChI is InChI=1S/C18H19NO3/c1-18(2,3)22-17(20)13-8-6-7-12-11-21-15-10-5-4-9-14(15)19-16(12)13/h4-10,19H,11H2,1-3H3. The van der Waals surface area contributed by atoms with E-state index < -0.39 is 5.60 Å². The van der Waals surface area contributed by atoms with Crippen LogP contribution in [0.5, 0.6) is 5.75 Å². The van der Waals surface area contributed by atoms with Crippen LogP contribution in [0.2, 0.25) is 0 Å². The summed E-state index contributed by atoms with van der Waals surface area (Å²) in [5.74, 6) is 0.435. The van der Waals surface area contributed by atoms with Crippen molar-refractivity contribution in [3.63, 3.8) is 0 Å². The number of rotatable bonds is 1. The van der Waals surface area contributed by atoms with Crippen molar-refractivity contribution in [1.82, 2.24) is 0 Å². The van der Waals surface area contributed by atoms with E-state index in [4.69, 9.17) is 9.47 Å². The van der Waals surface area contributed by atoms with E-state index >= 15 is 0 Å². The summed E-state index contributed by atoms with van der Waals surface area (Å²) >= 11 is 0. The van der Waals surface area contributed by atoms with Crippen molar-refractivity contribution in [2.45, 2.75) is 33.0 Å². The van der Waals surface area contributed by atoms with Crippen molar-refractivity contribution in [1.29, 1.82) is 0 Å². The average Bonchev–Trinajstić information content (AvgIpc) is 2.64. The maximum atomic E-state index is 12.5. The second-order valence-corrected chi connectivity index (χ2v) is 6.25. The molecular formula is C18H19NO3. The van der Waals surface area contributed by atoms with Gasteiger partial charge in [-0.25, -0.2) is 4.79 Å². The molecule has 0 aliphatic carbocycles. The van der Waals surface area contributed by atoms with Gasteiger partial charge in [-0.1, -0.05) is 24.3 Å². The summed E-state index contributed by atoms with van der Waals surface area (Å²) in [5.41, 5.74) is 2.52. The predicted octanol–water partition coefficient (Wildman–Crippen LogP) is 4.28. The molecule has 0 aromatic heterocycles. The SMILES string of the molecule is CC(C)(C)OC(=O)c1cccc2c1Nc1ccccc1OC2. The molecule has 1 heterocycles. The van der Waals surface area contributed by atoms with Crippen LogP contribution in [-0.4, -0.2) is 11.6 Å². The van der Waals surface area contributed by atoms with Crippen molar-refractivity contribution in [2.75, 3.05) is 5.32 Å². The third-order valence-corrected chi connectivity index (χ3v) is 3.30. The summed E-state index contributed by atoms with van der Waals surface area (Å²) in [6, 6.07) is 13.2. The van der Waals surface area contributed by atoms with Crippen LogP contribution in [0.15, 0.2) is 42.5 Å². The van der Waals surface area contributed by atoms with Crippen molar-refractivity contribution in [2.24, 2.45) is 0 Å². The first-order chi connectivity index (χ1) is 10.4. The van der Waals surface area contributed by atoms with Gasteiger partial charge in [0.1, 0.15) is 18.0 Å². The molecule has 0 bridgehead atoms. The van der Waals surface area contributed by atoms with Crippen LogP contribution in [0.1, 0.15) is 36.7 Å². The highest BCUT2D eigenvalue weighted by molar-refractivity contribution is 5.98. The molecule has 2 aromatic carbocycles. The third-order valence-electron chi connectivity index (χ3n) is 3.30. The largest absolute Gasteiger partial charge is 0.487 e. The molecule has 1 N–H and O–H groups in total. The van der Waals surface area contributed by atoms with E-state index in [1.54, 1.807) is 6.07 Å². The molecule has 0 unspecified atom stereocenters. The molecular weight excluding hydrogens is 278 g/mol. The summed E-state index contributed by atoms with van der Waals surface area (Å²) in [6.07, 6.45) is 0. The number of hydrogen-bond acceptors (Lipinski definition) is 4. The molecule has 4 nitrogen and oxygen atoms in total. The molecule has 0 fully saturated rings. The lowest BCUT2D eigenvalue weighted by molar-refractivity contribution is 0.00706. The Labute approximate surface area is 130 Å². The molecule has 22 heavy (non-hydrogen) atoms. The summed E-state index contributed by atoms with van der Waals surface area (Å²) in [5, 5.41) is 3.31. The van der Waals surface area contributed by atoms with Gasteiger partial charge in [-0.2, -0.15) is 0 Å². The Bertz CT molecular complexity index is 717. The minimum Gasteiger partial charge on any atom is -0.487 e. The fourth-order valence-corrected chi connectivity index (χ4v) is 2.36. The molecule has 3 rings (SSSR count). The first kappa shape index (κ1) is 14.4. The molecule has 4 heteroatoms.